The quantitative estimate of drug-likeness (QED) is 0.939. The lowest BCUT2D eigenvalue weighted by Crippen LogP contribution is -2.47. The number of hydrogen-bond acceptors (Lipinski definition) is 3. The van der Waals surface area contributed by atoms with Gasteiger partial charge in [0.25, 0.3) is 5.91 Å². The molecule has 0 aliphatic carbocycles. The molecule has 4 heteroatoms. The van der Waals surface area contributed by atoms with Gasteiger partial charge in [0.1, 0.15) is 0 Å². The largest absolute Gasteiger partial charge is 0.346 e. The molecule has 2 aromatic rings. The zero-order chi connectivity index (χ0) is 16.8. The molecule has 1 N–H and O–H groups in total. The van der Waals surface area contributed by atoms with E-state index in [4.69, 9.17) is 9.47 Å². The van der Waals surface area contributed by atoms with Gasteiger partial charge in [0, 0.05) is 11.1 Å². The molecule has 2 aromatic carbocycles. The van der Waals surface area contributed by atoms with Crippen molar-refractivity contribution in [2.24, 2.45) is 0 Å². The molecule has 0 aromatic heterocycles. The second-order valence-corrected chi connectivity index (χ2v) is 5.65. The first-order chi connectivity index (χ1) is 11.8. The van der Waals surface area contributed by atoms with Crippen LogP contribution in [0.2, 0.25) is 0 Å². The maximum atomic E-state index is 12.2. The summed E-state index contributed by atoms with van der Waals surface area (Å²) in [5.74, 6) is -0.111. The highest BCUT2D eigenvalue weighted by Gasteiger charge is 2.26. The predicted octanol–water partition coefficient (Wildman–Crippen LogP) is 3.26. The van der Waals surface area contributed by atoms with Crippen LogP contribution in [0.5, 0.6) is 0 Å². The molecule has 4 nitrogen and oxygen atoms in total. The maximum Gasteiger partial charge on any atom is 0.251 e. The first kappa shape index (κ1) is 16.4. The van der Waals surface area contributed by atoms with Crippen molar-refractivity contribution in [3.63, 3.8) is 0 Å². The van der Waals surface area contributed by atoms with Crippen molar-refractivity contribution in [1.29, 1.82) is 0 Å². The molecule has 1 aliphatic heterocycles. The Morgan fingerprint density at radius 1 is 0.958 bits per heavy atom. The van der Waals surface area contributed by atoms with Gasteiger partial charge in [-0.05, 0) is 24.6 Å². The van der Waals surface area contributed by atoms with Crippen LogP contribution in [0.1, 0.15) is 22.8 Å². The normalized spacial score (nSPS) is 21.3. The van der Waals surface area contributed by atoms with Crippen LogP contribution in [-0.2, 0) is 9.47 Å². The van der Waals surface area contributed by atoms with Crippen LogP contribution in [0, 0.1) is 0 Å². The van der Waals surface area contributed by atoms with Crippen LogP contribution >= 0.6 is 0 Å². The Kier molecular flexibility index (Phi) is 5.41. The van der Waals surface area contributed by atoms with Crippen molar-refractivity contribution in [3.8, 4) is 0 Å². The Morgan fingerprint density at radius 3 is 2.04 bits per heavy atom. The molecule has 24 heavy (non-hydrogen) atoms. The fourth-order valence-electron chi connectivity index (χ4n) is 2.69. The maximum absolute atomic E-state index is 12.2. The fraction of sp³-hybridized carbons (Fsp3) is 0.250. The van der Waals surface area contributed by atoms with Crippen molar-refractivity contribution < 1.29 is 14.3 Å². The smallest absolute Gasteiger partial charge is 0.251 e. The Morgan fingerprint density at radius 2 is 1.50 bits per heavy atom. The van der Waals surface area contributed by atoms with E-state index in [0.29, 0.717) is 18.8 Å². The third kappa shape index (κ3) is 3.91. The highest BCUT2D eigenvalue weighted by Crippen LogP contribution is 2.24. The van der Waals surface area contributed by atoms with E-state index in [9.17, 15) is 4.79 Å². The summed E-state index contributed by atoms with van der Waals surface area (Å²) in [5, 5.41) is 2.94. The van der Waals surface area contributed by atoms with Gasteiger partial charge in [0.2, 0.25) is 0 Å². The molecule has 1 saturated heterocycles. The molecule has 0 radical (unpaired) electrons. The van der Waals surface area contributed by atoms with Crippen molar-refractivity contribution in [1.82, 2.24) is 5.32 Å². The van der Waals surface area contributed by atoms with Gasteiger partial charge in [0.15, 0.2) is 6.29 Å². The minimum atomic E-state index is -0.401. The van der Waals surface area contributed by atoms with E-state index < -0.39 is 6.29 Å². The molecule has 3 rings (SSSR count). The summed E-state index contributed by atoms with van der Waals surface area (Å²) in [7, 11) is 0. The highest BCUT2D eigenvalue weighted by atomic mass is 16.7. The lowest BCUT2D eigenvalue weighted by Gasteiger charge is -2.31. The van der Waals surface area contributed by atoms with E-state index in [-0.39, 0.29) is 11.9 Å². The van der Waals surface area contributed by atoms with Crippen LogP contribution in [0.3, 0.4) is 0 Å². The van der Waals surface area contributed by atoms with Gasteiger partial charge in [0.05, 0.1) is 19.3 Å². The molecular weight excluding hydrogens is 302 g/mol. The summed E-state index contributed by atoms with van der Waals surface area (Å²) >= 11 is 0. The molecule has 0 unspecified atom stereocenters. The number of allylic oxidation sites excluding steroid dienone is 1. The molecule has 1 aliphatic rings. The number of carbonyl (C=O) groups is 1. The van der Waals surface area contributed by atoms with Crippen LogP contribution in [0.4, 0.5) is 0 Å². The second kappa shape index (κ2) is 7.90. The minimum absolute atomic E-state index is 0.111. The highest BCUT2D eigenvalue weighted by molar-refractivity contribution is 5.94. The van der Waals surface area contributed by atoms with Gasteiger partial charge in [-0.25, -0.2) is 0 Å². The fourth-order valence-corrected chi connectivity index (χ4v) is 2.69. The van der Waals surface area contributed by atoms with E-state index in [0.717, 1.165) is 11.1 Å². The standard InChI is InChI=1S/C20H21NO3/c1-2-18(15-9-5-3-6-10-15)20-23-13-17(14-24-20)21-19(22)16-11-7-4-8-12-16/h2-12,17,20H,13-14H2,1H3,(H,21,22)/b18-2-/t17-,20-. The summed E-state index contributed by atoms with van der Waals surface area (Å²) < 4.78 is 11.7. The molecular formula is C20H21NO3. The Bertz CT molecular complexity index is 689. The number of benzene rings is 2. The first-order valence-corrected chi connectivity index (χ1v) is 8.08. The molecule has 0 bridgehead atoms. The summed E-state index contributed by atoms with van der Waals surface area (Å²) in [6.45, 7) is 2.82. The van der Waals surface area contributed by atoms with Crippen LogP contribution in [0.15, 0.2) is 66.7 Å². The molecule has 0 saturated carbocycles. The monoisotopic (exact) mass is 323 g/mol. The van der Waals surface area contributed by atoms with Gasteiger partial charge in [-0.15, -0.1) is 0 Å². The summed E-state index contributed by atoms with van der Waals surface area (Å²) in [6, 6.07) is 19.0. The van der Waals surface area contributed by atoms with Crippen molar-refractivity contribution in [2.75, 3.05) is 13.2 Å². The predicted molar refractivity (Wildman–Crippen MR) is 93.5 cm³/mol. The van der Waals surface area contributed by atoms with E-state index in [1.165, 1.54) is 0 Å². The van der Waals surface area contributed by atoms with E-state index in [1.54, 1.807) is 12.1 Å². The molecule has 0 atom stereocenters. The van der Waals surface area contributed by atoms with Crippen LogP contribution in [0.25, 0.3) is 5.57 Å². The summed E-state index contributed by atoms with van der Waals surface area (Å²) in [5.41, 5.74) is 2.72. The molecule has 1 amide bonds. The topological polar surface area (TPSA) is 47.6 Å². The zero-order valence-corrected chi connectivity index (χ0v) is 13.6. The number of nitrogens with one attached hydrogen (secondary N) is 1. The number of ether oxygens (including phenoxy) is 2. The minimum Gasteiger partial charge on any atom is -0.346 e. The Labute approximate surface area is 142 Å². The van der Waals surface area contributed by atoms with E-state index in [1.807, 2.05) is 61.5 Å². The molecule has 124 valence electrons. The van der Waals surface area contributed by atoms with Gasteiger partial charge in [-0.2, -0.15) is 0 Å². The van der Waals surface area contributed by atoms with Crippen molar-refractivity contribution in [3.05, 3.63) is 77.9 Å². The molecule has 0 spiro atoms. The lowest BCUT2D eigenvalue weighted by molar-refractivity contribution is -0.155. The zero-order valence-electron chi connectivity index (χ0n) is 13.6. The SMILES string of the molecule is C/C=C(/c1ccccc1)[C@H]1OC[C@H](NC(=O)c2ccccc2)CO1. The van der Waals surface area contributed by atoms with Crippen molar-refractivity contribution >= 4 is 11.5 Å². The average Bonchev–Trinajstić information content (AvgIpc) is 2.65. The Balaban J connectivity index is 1.57. The second-order valence-electron chi connectivity index (χ2n) is 5.65. The van der Waals surface area contributed by atoms with Crippen LogP contribution in [-0.4, -0.2) is 31.5 Å². The van der Waals surface area contributed by atoms with Gasteiger partial charge < -0.3 is 14.8 Å². The first-order valence-electron chi connectivity index (χ1n) is 8.08. The number of amides is 1. The van der Waals surface area contributed by atoms with Crippen molar-refractivity contribution in [2.45, 2.75) is 19.3 Å². The number of hydrogen-bond donors (Lipinski definition) is 1. The number of carbonyl (C=O) groups excluding carboxylic acids is 1. The van der Waals surface area contributed by atoms with Gasteiger partial charge in [-0.3, -0.25) is 4.79 Å². The molecule has 1 heterocycles. The Hall–Kier alpha value is -2.43. The third-order valence-corrected chi connectivity index (χ3v) is 3.94. The van der Waals surface area contributed by atoms with E-state index in [2.05, 4.69) is 5.32 Å². The van der Waals surface area contributed by atoms with Gasteiger partial charge >= 0.3 is 0 Å². The lowest BCUT2D eigenvalue weighted by atomic mass is 10.0. The number of rotatable bonds is 4. The third-order valence-electron chi connectivity index (χ3n) is 3.94. The summed E-state index contributed by atoms with van der Waals surface area (Å²) in [6.07, 6.45) is 1.60. The van der Waals surface area contributed by atoms with Gasteiger partial charge in [-0.1, -0.05) is 54.6 Å². The average molecular weight is 323 g/mol. The summed E-state index contributed by atoms with van der Waals surface area (Å²) in [4.78, 5) is 12.2. The molecule has 1 fully saturated rings. The van der Waals surface area contributed by atoms with E-state index >= 15 is 0 Å². The van der Waals surface area contributed by atoms with Crippen LogP contribution < -0.4 is 5.32 Å².